The zero-order valence-corrected chi connectivity index (χ0v) is 11.5. The van der Waals surface area contributed by atoms with Gasteiger partial charge in [-0.25, -0.2) is 4.79 Å². The van der Waals surface area contributed by atoms with Gasteiger partial charge in [0.1, 0.15) is 10.1 Å². The number of amides is 1. The van der Waals surface area contributed by atoms with Crippen molar-refractivity contribution in [2.75, 3.05) is 5.32 Å². The van der Waals surface area contributed by atoms with Gasteiger partial charge in [-0.2, -0.15) is 0 Å². The van der Waals surface area contributed by atoms with Crippen molar-refractivity contribution < 1.29 is 14.7 Å². The van der Waals surface area contributed by atoms with E-state index in [9.17, 15) is 9.59 Å². The molecule has 0 atom stereocenters. The van der Waals surface area contributed by atoms with Crippen molar-refractivity contribution in [1.82, 2.24) is 0 Å². The second-order valence-electron chi connectivity index (χ2n) is 3.01. The highest BCUT2D eigenvalue weighted by Gasteiger charge is 2.18. The fourth-order valence-electron chi connectivity index (χ4n) is 0.964. The molecule has 0 saturated heterocycles. The number of benzene rings is 1. The summed E-state index contributed by atoms with van der Waals surface area (Å²) in [6.07, 6.45) is 0. The van der Waals surface area contributed by atoms with Gasteiger partial charge in [-0.3, -0.25) is 4.79 Å². The van der Waals surface area contributed by atoms with Gasteiger partial charge in [-0.1, -0.05) is 46.4 Å². The molecular formula is C10H5Cl4NO3. The van der Waals surface area contributed by atoms with E-state index in [1.54, 1.807) is 0 Å². The second-order valence-corrected chi connectivity index (χ2v) is 4.61. The van der Waals surface area contributed by atoms with Crippen LogP contribution in [0.2, 0.25) is 10.0 Å². The number of nitrogens with one attached hydrogen (secondary N) is 1. The Morgan fingerprint density at radius 2 is 1.72 bits per heavy atom. The van der Waals surface area contributed by atoms with Crippen LogP contribution in [0, 0.1) is 0 Å². The molecule has 1 amide bonds. The summed E-state index contributed by atoms with van der Waals surface area (Å²) in [5, 5.41) is 9.99. The molecule has 2 N–H and O–H groups in total. The lowest BCUT2D eigenvalue weighted by atomic mass is 10.3. The van der Waals surface area contributed by atoms with Gasteiger partial charge in [-0.15, -0.1) is 0 Å². The summed E-state index contributed by atoms with van der Waals surface area (Å²) in [5.74, 6) is -2.40. The van der Waals surface area contributed by atoms with Gasteiger partial charge in [-0.05, 0) is 18.2 Å². The van der Waals surface area contributed by atoms with E-state index in [4.69, 9.17) is 51.5 Å². The Labute approximate surface area is 122 Å². The molecule has 18 heavy (non-hydrogen) atoms. The summed E-state index contributed by atoms with van der Waals surface area (Å²) in [6.45, 7) is 0. The molecule has 0 heterocycles. The Balaban J connectivity index is 2.98. The fraction of sp³-hybridized carbons (Fsp3) is 0. The van der Waals surface area contributed by atoms with E-state index in [-0.39, 0.29) is 10.7 Å². The standard InChI is InChI=1S/C10H5Cl4NO3/c11-4-1-2-5(12)6(3-4)15-9(16)7(13)8(14)10(17)18/h1-3H,(H,15,16)(H,17,18). The van der Waals surface area contributed by atoms with Crippen molar-refractivity contribution in [1.29, 1.82) is 0 Å². The van der Waals surface area contributed by atoms with Crippen molar-refractivity contribution in [3.8, 4) is 0 Å². The zero-order valence-electron chi connectivity index (χ0n) is 8.51. The molecule has 1 aromatic carbocycles. The number of carbonyl (C=O) groups excluding carboxylic acids is 1. The van der Waals surface area contributed by atoms with Crippen LogP contribution in [0.15, 0.2) is 28.3 Å². The second kappa shape index (κ2) is 6.29. The molecule has 0 aliphatic rings. The van der Waals surface area contributed by atoms with Gasteiger partial charge in [0.25, 0.3) is 5.91 Å². The Kier molecular flexibility index (Phi) is 5.28. The minimum Gasteiger partial charge on any atom is -0.477 e. The van der Waals surface area contributed by atoms with Crippen molar-refractivity contribution >= 4 is 64.0 Å². The lowest BCUT2D eigenvalue weighted by Crippen LogP contribution is -2.14. The third kappa shape index (κ3) is 3.78. The van der Waals surface area contributed by atoms with Crippen LogP contribution < -0.4 is 5.32 Å². The average Bonchev–Trinajstić information content (AvgIpc) is 2.31. The maximum atomic E-state index is 11.6. The fourth-order valence-corrected chi connectivity index (χ4v) is 1.51. The first-order valence-corrected chi connectivity index (χ1v) is 5.89. The summed E-state index contributed by atoms with van der Waals surface area (Å²) < 4.78 is 0. The number of hydrogen-bond acceptors (Lipinski definition) is 2. The van der Waals surface area contributed by atoms with Crippen LogP contribution in [0.5, 0.6) is 0 Å². The van der Waals surface area contributed by atoms with E-state index in [1.807, 2.05) is 0 Å². The number of carboxylic acid groups (broad SMARTS) is 1. The summed E-state index contributed by atoms with van der Waals surface area (Å²) in [4.78, 5) is 22.1. The van der Waals surface area contributed by atoms with E-state index < -0.39 is 21.9 Å². The van der Waals surface area contributed by atoms with Gasteiger partial charge in [0, 0.05) is 5.02 Å². The molecule has 0 spiro atoms. The van der Waals surface area contributed by atoms with Gasteiger partial charge < -0.3 is 10.4 Å². The van der Waals surface area contributed by atoms with Crippen LogP contribution in [0.3, 0.4) is 0 Å². The van der Waals surface area contributed by atoms with Gasteiger partial charge >= 0.3 is 5.97 Å². The predicted molar refractivity (Wildman–Crippen MR) is 71.5 cm³/mol. The normalized spacial score (nSPS) is 11.8. The van der Waals surface area contributed by atoms with Crippen LogP contribution in [0.4, 0.5) is 5.69 Å². The third-order valence-electron chi connectivity index (χ3n) is 1.76. The molecule has 8 heteroatoms. The first-order chi connectivity index (χ1) is 8.32. The highest BCUT2D eigenvalue weighted by molar-refractivity contribution is 6.54. The van der Waals surface area contributed by atoms with Crippen molar-refractivity contribution in [3.63, 3.8) is 0 Å². The van der Waals surface area contributed by atoms with Crippen LogP contribution in [-0.4, -0.2) is 17.0 Å². The minimum absolute atomic E-state index is 0.196. The molecule has 0 aliphatic heterocycles. The SMILES string of the molecule is O=C(O)C(Cl)=C(Cl)C(=O)Nc1cc(Cl)ccc1Cl. The predicted octanol–water partition coefficient (Wildman–Crippen LogP) is 3.71. The largest absolute Gasteiger partial charge is 0.477 e. The van der Waals surface area contributed by atoms with E-state index in [2.05, 4.69) is 5.32 Å². The Morgan fingerprint density at radius 3 is 2.28 bits per heavy atom. The molecule has 0 bridgehead atoms. The van der Waals surface area contributed by atoms with Gasteiger partial charge in [0.2, 0.25) is 0 Å². The zero-order chi connectivity index (χ0) is 13.9. The van der Waals surface area contributed by atoms with Crippen LogP contribution in [0.1, 0.15) is 0 Å². The van der Waals surface area contributed by atoms with Gasteiger partial charge in [0.15, 0.2) is 0 Å². The molecule has 0 aliphatic carbocycles. The molecule has 4 nitrogen and oxygen atoms in total. The number of carboxylic acids is 1. The van der Waals surface area contributed by atoms with E-state index >= 15 is 0 Å². The highest BCUT2D eigenvalue weighted by atomic mass is 35.5. The molecule has 1 aromatic rings. The maximum Gasteiger partial charge on any atom is 0.349 e. The van der Waals surface area contributed by atoms with E-state index in [0.29, 0.717) is 5.02 Å². The number of rotatable bonds is 3. The first-order valence-electron chi connectivity index (χ1n) is 4.38. The smallest absolute Gasteiger partial charge is 0.349 e. The minimum atomic E-state index is -1.51. The van der Waals surface area contributed by atoms with E-state index in [0.717, 1.165) is 0 Å². The lowest BCUT2D eigenvalue weighted by Gasteiger charge is -2.07. The van der Waals surface area contributed by atoms with Crippen molar-refractivity contribution in [2.24, 2.45) is 0 Å². The summed E-state index contributed by atoms with van der Waals surface area (Å²) in [6, 6.07) is 4.39. The Morgan fingerprint density at radius 1 is 1.11 bits per heavy atom. The summed E-state index contributed by atoms with van der Waals surface area (Å²) >= 11 is 22.3. The monoisotopic (exact) mass is 327 g/mol. The molecular weight excluding hydrogens is 324 g/mol. The van der Waals surface area contributed by atoms with Crippen LogP contribution in [-0.2, 0) is 9.59 Å². The van der Waals surface area contributed by atoms with Crippen LogP contribution in [0.25, 0.3) is 0 Å². The maximum absolute atomic E-state index is 11.6. The highest BCUT2D eigenvalue weighted by Crippen LogP contribution is 2.26. The van der Waals surface area contributed by atoms with E-state index in [1.165, 1.54) is 18.2 Å². The number of halogens is 4. The molecule has 0 radical (unpaired) electrons. The molecule has 1 rings (SSSR count). The van der Waals surface area contributed by atoms with Gasteiger partial charge in [0.05, 0.1) is 10.7 Å². The first kappa shape index (κ1) is 15.1. The molecule has 0 saturated carbocycles. The molecule has 96 valence electrons. The Bertz CT molecular complexity index is 542. The Hall–Kier alpha value is -0.940. The summed E-state index contributed by atoms with van der Waals surface area (Å²) in [7, 11) is 0. The quantitative estimate of drug-likeness (QED) is 0.831. The molecule has 0 fully saturated rings. The average molecular weight is 329 g/mol. The van der Waals surface area contributed by atoms with Crippen molar-refractivity contribution in [2.45, 2.75) is 0 Å². The van der Waals surface area contributed by atoms with Crippen LogP contribution >= 0.6 is 46.4 Å². The lowest BCUT2D eigenvalue weighted by molar-refractivity contribution is -0.132. The number of aliphatic carboxylic acids is 1. The third-order valence-corrected chi connectivity index (χ3v) is 3.13. The molecule has 0 unspecified atom stereocenters. The number of carbonyl (C=O) groups is 2. The number of hydrogen-bond donors (Lipinski definition) is 2. The summed E-state index contributed by atoms with van der Waals surface area (Å²) in [5.41, 5.74) is 0.196. The number of anilines is 1. The van der Waals surface area contributed by atoms with Crippen molar-refractivity contribution in [3.05, 3.63) is 38.3 Å². The topological polar surface area (TPSA) is 66.4 Å². The molecule has 0 aromatic heterocycles.